The zero-order valence-electron chi connectivity index (χ0n) is 13.8. The number of nitrogens with one attached hydrogen (secondary N) is 1. The molecule has 2 heterocycles. The second-order valence-electron chi connectivity index (χ2n) is 6.80. The lowest BCUT2D eigenvalue weighted by molar-refractivity contribution is -0.120. The van der Waals surface area contributed by atoms with Crippen LogP contribution in [-0.2, 0) is 29.6 Å². The van der Waals surface area contributed by atoms with Gasteiger partial charge < -0.3 is 11.1 Å². The van der Waals surface area contributed by atoms with Gasteiger partial charge >= 0.3 is 0 Å². The van der Waals surface area contributed by atoms with E-state index < -0.39 is 5.41 Å². The van der Waals surface area contributed by atoms with Crippen molar-refractivity contribution in [1.29, 1.82) is 0 Å². The Bertz CT molecular complexity index is 1020. The summed E-state index contributed by atoms with van der Waals surface area (Å²) in [5.41, 5.74) is 9.93. The minimum absolute atomic E-state index is 0. The molecular weight excluding hydrogens is 309 g/mol. The lowest BCUT2D eigenvalue weighted by Crippen LogP contribution is -2.35. The third-order valence-corrected chi connectivity index (χ3v) is 5.43. The molecule has 25 heavy (non-hydrogen) atoms. The molecule has 5 rings (SSSR count). The summed E-state index contributed by atoms with van der Waals surface area (Å²) >= 11 is 0. The molecule has 0 fully saturated rings. The molecule has 1 aliphatic heterocycles. The molecule has 3 N–H and O–H groups in total. The monoisotopic (exact) mass is 326 g/mol. The maximum atomic E-state index is 12.7. The first kappa shape index (κ1) is 15.8. The molecule has 1 aromatic heterocycles. The molecule has 2 aromatic carbocycles. The first-order chi connectivity index (χ1) is 11.7. The Labute approximate surface area is 148 Å². The Kier molecular flexibility index (Phi) is 3.44. The van der Waals surface area contributed by atoms with Gasteiger partial charge in [0.15, 0.2) is 0 Å². The summed E-state index contributed by atoms with van der Waals surface area (Å²) in [6.07, 6.45) is 3.19. The Balaban J connectivity index is 0.00000157. The fourth-order valence-corrected chi connectivity index (χ4v) is 4.20. The van der Waals surface area contributed by atoms with Crippen molar-refractivity contribution in [1.82, 2.24) is 4.98 Å². The number of carbonyl (C=O) groups excluding carboxylic acids is 1. The van der Waals surface area contributed by atoms with E-state index in [1.54, 1.807) is 6.20 Å². The van der Waals surface area contributed by atoms with Crippen molar-refractivity contribution in [3.05, 3.63) is 70.9 Å². The number of benzene rings is 2. The van der Waals surface area contributed by atoms with Crippen LogP contribution in [0.2, 0.25) is 0 Å². The highest BCUT2D eigenvalue weighted by molar-refractivity contribution is 6.06. The number of rotatable bonds is 1. The first-order valence-corrected chi connectivity index (χ1v) is 8.21. The molecule has 3 aromatic rings. The lowest BCUT2D eigenvalue weighted by atomic mass is 9.79. The van der Waals surface area contributed by atoms with Crippen LogP contribution >= 0.6 is 0 Å². The number of anilines is 1. The molecule has 0 saturated carbocycles. The summed E-state index contributed by atoms with van der Waals surface area (Å²) in [6.45, 7) is 0.540. The van der Waals surface area contributed by atoms with E-state index in [9.17, 15) is 4.79 Å². The minimum Gasteiger partial charge on any atom is -0.326 e. The number of aromatic nitrogens is 1. The van der Waals surface area contributed by atoms with Crippen LogP contribution in [0, 0.1) is 0 Å². The lowest BCUT2D eigenvalue weighted by Gasteiger charge is -2.20. The van der Waals surface area contributed by atoms with Crippen molar-refractivity contribution in [2.75, 3.05) is 5.32 Å². The van der Waals surface area contributed by atoms with Crippen LogP contribution in [0.15, 0.2) is 48.7 Å². The highest BCUT2D eigenvalue weighted by atomic mass is 16.2. The Morgan fingerprint density at radius 1 is 1.08 bits per heavy atom. The van der Waals surface area contributed by atoms with Gasteiger partial charge in [0, 0.05) is 26.7 Å². The number of nitrogens with two attached hydrogens (primary N) is 1. The highest BCUT2D eigenvalue weighted by Crippen LogP contribution is 2.47. The Hall–Kier alpha value is -2.66. The number of hydrogen-bond acceptors (Lipinski definition) is 3. The summed E-state index contributed by atoms with van der Waals surface area (Å²) in [5.74, 6) is 0.782. The molecule has 0 bridgehead atoms. The Morgan fingerprint density at radius 2 is 1.84 bits per heavy atom. The molecule has 3 radical (unpaired) electrons. The van der Waals surface area contributed by atoms with E-state index in [-0.39, 0.29) is 14.3 Å². The fraction of sp³-hybridized carbons (Fsp3) is 0.200. The number of hydrogen-bond donors (Lipinski definition) is 2. The van der Waals surface area contributed by atoms with Gasteiger partial charge in [-0.25, -0.2) is 4.98 Å². The standard InChI is InChI=1S/C20H17N3O.B/c21-11-12-3-4-13-7-15-9-20(10-16(15)8-14(13)6-12)17-2-1-5-22-18(17)23-19(20)24;/h1-8H,9-11,21H2,(H,22,23,24);. The third kappa shape index (κ3) is 2.12. The predicted molar refractivity (Wildman–Crippen MR) is 99.5 cm³/mol. The van der Waals surface area contributed by atoms with Crippen LogP contribution < -0.4 is 11.1 Å². The molecule has 5 heteroatoms. The van der Waals surface area contributed by atoms with Gasteiger partial charge in [0.1, 0.15) is 5.82 Å². The molecule has 2 aliphatic rings. The smallest absolute Gasteiger partial charge is 0.237 e. The van der Waals surface area contributed by atoms with Gasteiger partial charge in [0.25, 0.3) is 0 Å². The van der Waals surface area contributed by atoms with E-state index in [4.69, 9.17) is 5.73 Å². The van der Waals surface area contributed by atoms with Gasteiger partial charge in [0.05, 0.1) is 5.41 Å². The zero-order valence-corrected chi connectivity index (χ0v) is 13.8. The summed E-state index contributed by atoms with van der Waals surface area (Å²) in [6, 6.07) is 14.7. The molecule has 4 nitrogen and oxygen atoms in total. The van der Waals surface area contributed by atoms with Crippen molar-refractivity contribution in [3.63, 3.8) is 0 Å². The van der Waals surface area contributed by atoms with Gasteiger partial charge in [-0.2, -0.15) is 0 Å². The average molecular weight is 326 g/mol. The number of amides is 1. The number of pyridine rings is 1. The second-order valence-corrected chi connectivity index (χ2v) is 6.80. The number of carbonyl (C=O) groups is 1. The molecule has 1 aliphatic carbocycles. The number of nitrogens with zero attached hydrogens (tertiary/aromatic N) is 1. The molecule has 1 unspecified atom stereocenters. The maximum absolute atomic E-state index is 12.7. The molecular formula is C20H17BN3O. The predicted octanol–water partition coefficient (Wildman–Crippen LogP) is 2.30. The summed E-state index contributed by atoms with van der Waals surface area (Å²) < 4.78 is 0. The minimum atomic E-state index is -0.500. The van der Waals surface area contributed by atoms with Gasteiger partial charge in [-0.15, -0.1) is 0 Å². The largest absolute Gasteiger partial charge is 0.326 e. The van der Waals surface area contributed by atoms with Crippen LogP contribution in [0.25, 0.3) is 10.8 Å². The topological polar surface area (TPSA) is 68.0 Å². The van der Waals surface area contributed by atoms with E-state index in [1.165, 1.54) is 21.9 Å². The molecule has 1 spiro atoms. The van der Waals surface area contributed by atoms with Crippen LogP contribution in [-0.4, -0.2) is 19.3 Å². The molecule has 0 saturated heterocycles. The molecule has 1 amide bonds. The van der Waals surface area contributed by atoms with Crippen LogP contribution in [0.3, 0.4) is 0 Å². The fourth-order valence-electron chi connectivity index (χ4n) is 4.20. The van der Waals surface area contributed by atoms with E-state index in [0.29, 0.717) is 12.4 Å². The SMILES string of the molecule is NCc1ccc2cc3c(cc2c1)CC1(C3)C(=O)Nc2ncccc21.[B]. The Morgan fingerprint density at radius 3 is 2.60 bits per heavy atom. The normalized spacial score (nSPS) is 20.3. The van der Waals surface area contributed by atoms with Gasteiger partial charge in [-0.05, 0) is 52.4 Å². The molecule has 1 atom stereocenters. The van der Waals surface area contributed by atoms with E-state index >= 15 is 0 Å². The van der Waals surface area contributed by atoms with E-state index in [2.05, 4.69) is 40.6 Å². The van der Waals surface area contributed by atoms with E-state index in [0.717, 1.165) is 24.0 Å². The highest BCUT2D eigenvalue weighted by Gasteiger charge is 2.51. The second kappa shape index (κ2) is 5.43. The van der Waals surface area contributed by atoms with Crippen molar-refractivity contribution >= 4 is 30.9 Å². The van der Waals surface area contributed by atoms with Gasteiger partial charge in [-0.1, -0.05) is 30.3 Å². The summed E-state index contributed by atoms with van der Waals surface area (Å²) in [4.78, 5) is 17.1. The van der Waals surface area contributed by atoms with Crippen molar-refractivity contribution in [3.8, 4) is 0 Å². The molecule has 121 valence electrons. The van der Waals surface area contributed by atoms with Gasteiger partial charge in [0.2, 0.25) is 5.91 Å². The summed E-state index contributed by atoms with van der Waals surface area (Å²) in [5, 5.41) is 5.35. The van der Waals surface area contributed by atoms with Crippen LogP contribution in [0.5, 0.6) is 0 Å². The van der Waals surface area contributed by atoms with E-state index in [1.807, 2.05) is 12.1 Å². The zero-order chi connectivity index (χ0) is 16.3. The van der Waals surface area contributed by atoms with Crippen molar-refractivity contribution < 1.29 is 4.79 Å². The third-order valence-electron chi connectivity index (χ3n) is 5.43. The maximum Gasteiger partial charge on any atom is 0.237 e. The van der Waals surface area contributed by atoms with Crippen molar-refractivity contribution in [2.24, 2.45) is 5.73 Å². The van der Waals surface area contributed by atoms with Gasteiger partial charge in [-0.3, -0.25) is 4.79 Å². The van der Waals surface area contributed by atoms with Crippen molar-refractivity contribution in [2.45, 2.75) is 24.8 Å². The number of fused-ring (bicyclic) bond motifs is 4. The quantitative estimate of drug-likeness (QED) is 0.674. The van der Waals surface area contributed by atoms with Crippen LogP contribution in [0.4, 0.5) is 5.82 Å². The average Bonchev–Trinajstić information content (AvgIpc) is 3.10. The van der Waals surface area contributed by atoms with Crippen LogP contribution in [0.1, 0.15) is 22.3 Å². The first-order valence-electron chi connectivity index (χ1n) is 8.21. The summed E-state index contributed by atoms with van der Waals surface area (Å²) in [7, 11) is 0.